The minimum absolute atomic E-state index is 0.0417. The quantitative estimate of drug-likeness (QED) is 0.759. The number of carbonyl (C=O) groups is 1. The number of piperazine rings is 1. The number of ether oxygens (including phenoxy) is 1. The van der Waals surface area contributed by atoms with Crippen LogP contribution in [0.25, 0.3) is 0 Å². The second kappa shape index (κ2) is 6.36. The second-order valence-electron chi connectivity index (χ2n) is 5.68. The van der Waals surface area contributed by atoms with Gasteiger partial charge in [0.1, 0.15) is 12.1 Å². The molecule has 2 aliphatic rings. The smallest absolute Gasteiger partial charge is 0.251 e. The maximum absolute atomic E-state index is 12.2. The van der Waals surface area contributed by atoms with E-state index in [1.54, 1.807) is 0 Å². The van der Waals surface area contributed by atoms with Crippen molar-refractivity contribution in [2.75, 3.05) is 32.8 Å². The summed E-state index contributed by atoms with van der Waals surface area (Å²) < 4.78 is 5.44. The van der Waals surface area contributed by atoms with E-state index in [-0.39, 0.29) is 18.1 Å². The molecule has 5 heteroatoms. The maximum atomic E-state index is 12.2. The molecule has 0 aromatic carbocycles. The van der Waals surface area contributed by atoms with Gasteiger partial charge in [0, 0.05) is 32.8 Å². The first-order chi connectivity index (χ1) is 9.13. The lowest BCUT2D eigenvalue weighted by atomic mass is 10.0. The Kier molecular flexibility index (Phi) is 4.78. The van der Waals surface area contributed by atoms with Crippen LogP contribution in [0.5, 0.6) is 0 Å². The predicted molar refractivity (Wildman–Crippen MR) is 71.4 cm³/mol. The molecule has 0 saturated carbocycles. The van der Waals surface area contributed by atoms with Gasteiger partial charge in [-0.3, -0.25) is 9.69 Å². The van der Waals surface area contributed by atoms with E-state index in [9.17, 15) is 10.1 Å². The number of carbonyl (C=O) groups excluding carboxylic acids is 1. The average molecular weight is 265 g/mol. The van der Waals surface area contributed by atoms with E-state index < -0.39 is 0 Å². The van der Waals surface area contributed by atoms with E-state index in [0.29, 0.717) is 25.6 Å². The van der Waals surface area contributed by atoms with Gasteiger partial charge in [0.15, 0.2) is 0 Å². The number of nitriles is 1. The van der Waals surface area contributed by atoms with E-state index in [4.69, 9.17) is 4.74 Å². The zero-order valence-corrected chi connectivity index (χ0v) is 11.8. The first-order valence-electron chi connectivity index (χ1n) is 7.17. The molecule has 0 unspecified atom stereocenters. The van der Waals surface area contributed by atoms with Gasteiger partial charge in [-0.1, -0.05) is 13.8 Å². The number of hydrogen-bond acceptors (Lipinski definition) is 4. The molecule has 0 aromatic rings. The summed E-state index contributed by atoms with van der Waals surface area (Å²) in [7, 11) is 0. The Morgan fingerprint density at radius 3 is 2.47 bits per heavy atom. The molecule has 19 heavy (non-hydrogen) atoms. The fraction of sp³-hybridized carbons (Fsp3) is 0.857. The first-order valence-corrected chi connectivity index (χ1v) is 7.17. The van der Waals surface area contributed by atoms with Crippen LogP contribution in [0, 0.1) is 17.2 Å². The summed E-state index contributed by atoms with van der Waals surface area (Å²) in [6.45, 7) is 7.84. The molecule has 2 aliphatic heterocycles. The highest BCUT2D eigenvalue weighted by Gasteiger charge is 2.32. The highest BCUT2D eigenvalue weighted by molar-refractivity contribution is 5.81. The summed E-state index contributed by atoms with van der Waals surface area (Å²) in [5.41, 5.74) is 0. The van der Waals surface area contributed by atoms with Gasteiger partial charge in [0.05, 0.1) is 6.07 Å². The summed E-state index contributed by atoms with van der Waals surface area (Å²) in [6.07, 6.45) is 1.62. The number of hydrogen-bond donors (Lipinski definition) is 0. The van der Waals surface area contributed by atoms with Gasteiger partial charge in [-0.15, -0.1) is 0 Å². The van der Waals surface area contributed by atoms with Gasteiger partial charge in [0.25, 0.3) is 5.91 Å². The van der Waals surface area contributed by atoms with Crippen LogP contribution < -0.4 is 0 Å². The summed E-state index contributed by atoms with van der Waals surface area (Å²) in [5, 5.41) is 9.20. The number of amides is 1. The standard InChI is InChI=1S/C14H23N3O2/c1-11(2)12(10-15)16-5-7-17(8-6-16)14(18)13-4-3-9-19-13/h11-13H,3-9H2,1-2H3/t12-,13-/m0/s1. The van der Waals surface area contributed by atoms with Crippen LogP contribution in [0.15, 0.2) is 0 Å². The van der Waals surface area contributed by atoms with Gasteiger partial charge in [-0.25, -0.2) is 0 Å². The second-order valence-corrected chi connectivity index (χ2v) is 5.68. The molecule has 2 saturated heterocycles. The molecule has 2 heterocycles. The van der Waals surface area contributed by atoms with Gasteiger partial charge >= 0.3 is 0 Å². The van der Waals surface area contributed by atoms with E-state index in [1.165, 1.54) is 0 Å². The van der Waals surface area contributed by atoms with Crippen LogP contribution in [0.1, 0.15) is 26.7 Å². The van der Waals surface area contributed by atoms with Gasteiger partial charge in [-0.05, 0) is 18.8 Å². The van der Waals surface area contributed by atoms with Crippen molar-refractivity contribution in [1.29, 1.82) is 5.26 Å². The first kappa shape index (κ1) is 14.3. The van der Waals surface area contributed by atoms with Crippen LogP contribution in [0.4, 0.5) is 0 Å². The zero-order valence-electron chi connectivity index (χ0n) is 11.8. The molecule has 2 atom stereocenters. The van der Waals surface area contributed by atoms with E-state index in [2.05, 4.69) is 24.8 Å². The lowest BCUT2D eigenvalue weighted by molar-refractivity contribution is -0.143. The Bertz CT molecular complexity index is 350. The van der Waals surface area contributed by atoms with Crippen molar-refractivity contribution in [2.24, 2.45) is 5.92 Å². The molecule has 5 nitrogen and oxygen atoms in total. The SMILES string of the molecule is CC(C)[C@H](C#N)N1CCN(C(=O)[C@@H]2CCCO2)CC1. The average Bonchev–Trinajstić information content (AvgIpc) is 2.93. The predicted octanol–water partition coefficient (Wildman–Crippen LogP) is 0.858. The molecule has 1 amide bonds. The number of nitrogens with zero attached hydrogens (tertiary/aromatic N) is 3. The lowest BCUT2D eigenvalue weighted by Crippen LogP contribution is -2.54. The third-order valence-electron chi connectivity index (χ3n) is 3.99. The minimum atomic E-state index is -0.219. The highest BCUT2D eigenvalue weighted by atomic mass is 16.5. The van der Waals surface area contributed by atoms with Crippen molar-refractivity contribution in [3.05, 3.63) is 0 Å². The van der Waals surface area contributed by atoms with Crippen molar-refractivity contribution < 1.29 is 9.53 Å². The van der Waals surface area contributed by atoms with Crippen molar-refractivity contribution >= 4 is 5.91 Å². The molecular weight excluding hydrogens is 242 g/mol. The Morgan fingerprint density at radius 1 is 1.32 bits per heavy atom. The number of rotatable bonds is 3. The van der Waals surface area contributed by atoms with Crippen LogP contribution in [-0.2, 0) is 9.53 Å². The summed E-state index contributed by atoms with van der Waals surface area (Å²) in [5.74, 6) is 0.459. The Hall–Kier alpha value is -1.12. The van der Waals surface area contributed by atoms with Crippen LogP contribution in [0.3, 0.4) is 0 Å². The fourth-order valence-corrected chi connectivity index (χ4v) is 2.85. The van der Waals surface area contributed by atoms with Crippen molar-refractivity contribution in [3.63, 3.8) is 0 Å². The molecule has 2 fully saturated rings. The zero-order chi connectivity index (χ0) is 13.8. The molecule has 0 N–H and O–H groups in total. The van der Waals surface area contributed by atoms with Gasteiger partial charge in [-0.2, -0.15) is 5.26 Å². The topological polar surface area (TPSA) is 56.6 Å². The lowest BCUT2D eigenvalue weighted by Gasteiger charge is -2.38. The van der Waals surface area contributed by atoms with Crippen LogP contribution >= 0.6 is 0 Å². The summed E-state index contributed by atoms with van der Waals surface area (Å²) in [4.78, 5) is 16.3. The molecular formula is C14H23N3O2. The largest absolute Gasteiger partial charge is 0.368 e. The molecule has 0 spiro atoms. The third-order valence-corrected chi connectivity index (χ3v) is 3.99. The van der Waals surface area contributed by atoms with Gasteiger partial charge in [0.2, 0.25) is 0 Å². The van der Waals surface area contributed by atoms with E-state index >= 15 is 0 Å². The van der Waals surface area contributed by atoms with E-state index in [0.717, 1.165) is 25.9 Å². The fourth-order valence-electron chi connectivity index (χ4n) is 2.85. The van der Waals surface area contributed by atoms with Crippen molar-refractivity contribution in [3.8, 4) is 6.07 Å². The normalized spacial score (nSPS) is 26.4. The molecule has 0 aromatic heterocycles. The molecule has 2 rings (SSSR count). The minimum Gasteiger partial charge on any atom is -0.368 e. The maximum Gasteiger partial charge on any atom is 0.251 e. The third kappa shape index (κ3) is 3.26. The summed E-state index contributed by atoms with van der Waals surface area (Å²) >= 11 is 0. The molecule has 0 bridgehead atoms. The van der Waals surface area contributed by atoms with Gasteiger partial charge < -0.3 is 9.64 Å². The van der Waals surface area contributed by atoms with Crippen molar-refractivity contribution in [2.45, 2.75) is 38.8 Å². The van der Waals surface area contributed by atoms with Crippen molar-refractivity contribution in [1.82, 2.24) is 9.80 Å². The molecule has 0 aliphatic carbocycles. The Morgan fingerprint density at radius 2 is 2.00 bits per heavy atom. The Labute approximate surface area is 115 Å². The Balaban J connectivity index is 1.85. The molecule has 0 radical (unpaired) electrons. The monoisotopic (exact) mass is 265 g/mol. The molecule has 106 valence electrons. The highest BCUT2D eigenvalue weighted by Crippen LogP contribution is 2.18. The van der Waals surface area contributed by atoms with E-state index in [1.807, 2.05) is 4.90 Å². The van der Waals surface area contributed by atoms with Crippen LogP contribution in [-0.4, -0.2) is 60.6 Å². The van der Waals surface area contributed by atoms with Crippen LogP contribution in [0.2, 0.25) is 0 Å². The summed E-state index contributed by atoms with van der Waals surface area (Å²) in [6, 6.07) is 2.33.